The predicted octanol–water partition coefficient (Wildman–Crippen LogP) is 21.9. The van der Waals surface area contributed by atoms with Gasteiger partial charge in [0.15, 0.2) is 5.58 Å². The number of ether oxygens (including phenoxy) is 6. The molecule has 648 valence electrons. The summed E-state index contributed by atoms with van der Waals surface area (Å²) in [7, 11) is 10.9. The first-order valence-electron chi connectivity index (χ1n) is 39.8. The van der Waals surface area contributed by atoms with Crippen LogP contribution < -0.4 is 41.4 Å². The van der Waals surface area contributed by atoms with Gasteiger partial charge < -0.3 is 85.2 Å². The number of benzene rings is 10. The molecule has 0 bridgehead atoms. The summed E-state index contributed by atoms with van der Waals surface area (Å²) in [5.41, 5.74) is 16.1. The largest absolute Gasteiger partial charge is 0.508 e. The molecule has 5 heterocycles. The average molecular weight is 1730 g/mol. The van der Waals surface area contributed by atoms with Gasteiger partial charge in [-0.3, -0.25) is 0 Å². The second-order valence-electron chi connectivity index (χ2n) is 26.8. The first-order chi connectivity index (χ1) is 61.0. The van der Waals surface area contributed by atoms with Gasteiger partial charge in [0.25, 0.3) is 0 Å². The Balaban J connectivity index is 0.000000158. The molecule has 125 heavy (non-hydrogen) atoms. The van der Waals surface area contributed by atoms with E-state index in [1.807, 2.05) is 174 Å². The van der Waals surface area contributed by atoms with Crippen molar-refractivity contribution in [3.63, 3.8) is 0 Å². The highest BCUT2D eigenvalue weighted by atomic mass is 32.1. The Bertz CT molecular complexity index is 5720. The van der Waals surface area contributed by atoms with E-state index >= 15 is 0 Å². The van der Waals surface area contributed by atoms with E-state index in [0.717, 1.165) is 103 Å². The molecule has 0 aliphatic heterocycles. The highest BCUT2D eigenvalue weighted by Gasteiger charge is 2.16. The lowest BCUT2D eigenvalue weighted by atomic mass is 10.1. The molecule has 15 rings (SSSR count). The molecule has 10 aromatic carbocycles. The molecule has 10 N–H and O–H groups in total. The summed E-state index contributed by atoms with van der Waals surface area (Å²) in [6.45, 7) is 2.77. The third kappa shape index (κ3) is 30.9. The van der Waals surface area contributed by atoms with Crippen LogP contribution >= 0.6 is 22.7 Å². The number of thiazole rings is 2. The first-order valence-corrected chi connectivity index (χ1v) is 41.5. The minimum atomic E-state index is -0.664. The molecule has 0 unspecified atom stereocenters. The van der Waals surface area contributed by atoms with E-state index in [9.17, 15) is 32.9 Å². The predicted molar refractivity (Wildman–Crippen MR) is 501 cm³/mol. The standard InChI is InChI=1S/C21H26FNO3.C20H25FN2O3.C15H15NO.C14H11FN2OS.C14H12N2OS.C13H10FN3O2/c1-23-20-8-4-18(5-9-20)2-3-19-6-10-21(11-7-19)26-17-16-25-15-14-24-13-12-22;1-22-19-7-4-17(5-8-19)2-3-18-6-9-20(23-16-18)26-15-14-25-13-12-24-11-10-21;1-16-14-8-4-12(5-9-14)2-3-13-6-10-15(17)11-7-13;1-16-11-4-2-8(6-10(11)15)14-17-12-5-3-9(18)7-13(12)19-14;1-15-10-4-2-9(3-5-10)14-16-12-7-6-11(17)8-13(12)18-14;1-15-11-5-3-8(12(14)17-11)13-16-9-4-2-7(18)6-10(9)19-13/h2-11,23H,12-17H2,1H3;2-9,16,22H,10-15H2,1H3;2-11,16-17H,1H3;2-7,16,18H,1H3;2-8,15,17H,1H3;2-6,18H,1H3,(H,15,17)/b3*3-2+;;;/i22-1;21-1;1-1;15-1;1-1;14-1. The number of nitrogens with one attached hydrogen (secondary N) is 6. The lowest BCUT2D eigenvalue weighted by Gasteiger charge is -2.07. The highest BCUT2D eigenvalue weighted by molar-refractivity contribution is 7.22. The molecule has 0 saturated carbocycles. The number of pyridine rings is 2. The Kier molecular flexibility index (Phi) is 37.7. The summed E-state index contributed by atoms with van der Waals surface area (Å²) < 4.78 is 90.2. The summed E-state index contributed by atoms with van der Waals surface area (Å²) in [6.07, 6.45) is 14.0. The van der Waals surface area contributed by atoms with E-state index in [-0.39, 0.29) is 47.7 Å². The number of aromatic nitrogens is 5. The minimum Gasteiger partial charge on any atom is -0.508 e. The number of fused-ring (bicyclic) bond motifs is 3. The van der Waals surface area contributed by atoms with Gasteiger partial charge in [-0.15, -0.1) is 22.7 Å². The number of hydrogen-bond acceptors (Lipinski definition) is 24. The minimum absolute atomic E-state index is 0.0688. The van der Waals surface area contributed by atoms with Crippen molar-refractivity contribution in [1.29, 1.82) is 0 Å². The van der Waals surface area contributed by atoms with Crippen molar-refractivity contribution < 1.29 is 70.8 Å². The van der Waals surface area contributed by atoms with E-state index < -0.39 is 19.3 Å². The molecule has 22 nitrogen and oxygen atoms in total. The van der Waals surface area contributed by atoms with Crippen LogP contribution in [0.3, 0.4) is 0 Å². The molecule has 28 heteroatoms. The number of rotatable bonds is 33. The summed E-state index contributed by atoms with van der Waals surface area (Å²) in [5.74, 6) is 1.80. The second kappa shape index (κ2) is 50.5. The van der Waals surface area contributed by atoms with Crippen LogP contribution in [0.4, 0.5) is 51.8 Å². The molecule has 5 aromatic heterocycles. The molecule has 0 aliphatic rings. The average Bonchev–Trinajstić information content (AvgIpc) is 1.69. The number of phenolic OH excluding ortho intramolecular Hbond substituents is 4. The summed E-state index contributed by atoms with van der Waals surface area (Å²) in [5, 5.41) is 57.0. The summed E-state index contributed by atoms with van der Waals surface area (Å²) >= 11 is 3.01. The van der Waals surface area contributed by atoms with Crippen molar-refractivity contribution in [2.45, 2.75) is 0 Å². The van der Waals surface area contributed by atoms with Crippen molar-refractivity contribution in [3.05, 3.63) is 294 Å². The van der Waals surface area contributed by atoms with Gasteiger partial charge in [-0.1, -0.05) is 97.1 Å². The molecule has 0 saturated heterocycles. The second-order valence-corrected chi connectivity index (χ2v) is 28.9. The zero-order valence-electron chi connectivity index (χ0n) is 69.8. The molecule has 0 radical (unpaired) electrons. The molecule has 0 amide bonds. The Hall–Kier alpha value is -13.9. The molecule has 15 aromatic rings. The fourth-order valence-electron chi connectivity index (χ4n) is 11.3. The number of hydrogen-bond donors (Lipinski definition) is 10. The van der Waals surface area contributed by atoms with Crippen LogP contribution in [0, 0.1) is 11.8 Å². The Labute approximate surface area is 731 Å². The quantitative estimate of drug-likeness (QED) is 0.00792. The summed E-state index contributed by atoms with van der Waals surface area (Å²) in [4.78, 5) is 21.2. The molecule has 0 atom stereocenters. The fraction of sp³-hybridized carbons (Fsp3) is 0.186. The Morgan fingerprint density at radius 3 is 1.22 bits per heavy atom. The number of oxazole rings is 1. The van der Waals surface area contributed by atoms with Gasteiger partial charge in [0.1, 0.15) is 82.5 Å². The van der Waals surface area contributed by atoms with Gasteiger partial charge in [0, 0.05) is 94.5 Å². The van der Waals surface area contributed by atoms with Crippen LogP contribution in [0.1, 0.15) is 33.4 Å². The van der Waals surface area contributed by atoms with E-state index in [1.165, 1.54) is 29.5 Å². The highest BCUT2D eigenvalue weighted by Crippen LogP contribution is 2.36. The van der Waals surface area contributed by atoms with Crippen molar-refractivity contribution in [1.82, 2.24) is 24.9 Å². The van der Waals surface area contributed by atoms with E-state index in [1.54, 1.807) is 98.4 Å². The zero-order valence-corrected chi connectivity index (χ0v) is 71.5. The maximum absolute atomic E-state index is 13.8. The molecular weight excluding hydrogens is 1630 g/mol. The van der Waals surface area contributed by atoms with Crippen molar-refractivity contribution in [2.24, 2.45) is 0 Å². The van der Waals surface area contributed by atoms with E-state index in [2.05, 4.69) is 105 Å². The van der Waals surface area contributed by atoms with Crippen molar-refractivity contribution in [3.8, 4) is 67.2 Å². The number of aromatic hydroxyl groups is 4. The van der Waals surface area contributed by atoms with Crippen molar-refractivity contribution in [2.75, 3.05) is 154 Å². The van der Waals surface area contributed by atoms with Crippen LogP contribution in [0.25, 0.3) is 101 Å². The Morgan fingerprint density at radius 2 is 0.768 bits per heavy atom. The molecular formula is C97H99F4N11O11S2. The van der Waals surface area contributed by atoms with Gasteiger partial charge in [0.2, 0.25) is 17.7 Å². The Morgan fingerprint density at radius 1 is 0.360 bits per heavy atom. The van der Waals surface area contributed by atoms with Gasteiger partial charge in [-0.05, 0) is 203 Å². The van der Waals surface area contributed by atoms with Gasteiger partial charge in [-0.25, -0.2) is 38.1 Å². The van der Waals surface area contributed by atoms with Crippen LogP contribution in [-0.4, -0.2) is 167 Å². The third-order valence-electron chi connectivity index (χ3n) is 18.1. The molecule has 0 fully saturated rings. The van der Waals surface area contributed by atoms with Gasteiger partial charge in [-0.2, -0.15) is 4.39 Å². The zero-order chi connectivity index (χ0) is 88.3. The lowest BCUT2D eigenvalue weighted by Crippen LogP contribution is -2.11. The topological polar surface area (TPSA) is 286 Å². The number of phenols is 4. The number of halogens is 4. The normalized spacial score (nSPS) is 10.9. The van der Waals surface area contributed by atoms with E-state index in [0.29, 0.717) is 87.1 Å². The van der Waals surface area contributed by atoms with Crippen LogP contribution in [-0.2, 0) is 18.9 Å². The third-order valence-corrected chi connectivity index (χ3v) is 20.2. The monoisotopic (exact) mass is 1730 g/mol. The molecule has 0 aliphatic carbocycles. The summed E-state index contributed by atoms with van der Waals surface area (Å²) in [6, 6.07) is 74.5. The van der Waals surface area contributed by atoms with Crippen LogP contribution in [0.2, 0.25) is 0 Å². The lowest BCUT2D eigenvalue weighted by molar-refractivity contribution is 0.0320. The van der Waals surface area contributed by atoms with Gasteiger partial charge in [0.05, 0.1) is 84.5 Å². The van der Waals surface area contributed by atoms with Crippen molar-refractivity contribution >= 4 is 125 Å². The number of nitrogens with zero attached hydrogens (tertiary/aromatic N) is 5. The maximum Gasteiger partial charge on any atom is 0.231 e. The first kappa shape index (κ1) is 93.4. The SMILES string of the molecule is CNc1ccc(-c2nc3ccc(O)cc3o2)c([18F])n1.CNc1ccc(-c2nc3ccc(O)cc3s2)cc1[18F].CNc1ccc(/C=C/c2ccc(OCCOCCOCC[18F])cc2)cc1.CNc1ccc(/C=C/c2ccc(OCCOCCOCC[18F])nc2)cc1.[11CH3]Nc1ccc(-c2nc3ccc(O)cc3s2)cc1.[11CH3]Nc1ccc(/C=C/c2ccc(O)cc2)cc1. The van der Waals surface area contributed by atoms with Crippen LogP contribution in [0.15, 0.2) is 253 Å². The van der Waals surface area contributed by atoms with Gasteiger partial charge >= 0.3 is 0 Å². The smallest absolute Gasteiger partial charge is 0.231 e. The van der Waals surface area contributed by atoms with E-state index in [4.69, 9.17) is 37.9 Å². The number of anilines is 6. The van der Waals surface area contributed by atoms with Crippen LogP contribution in [0.5, 0.6) is 34.6 Å². The molecule has 0 spiro atoms. The fourth-order valence-corrected chi connectivity index (χ4v) is 13.3. The number of alkyl halides is 2. The maximum atomic E-state index is 13.8.